The molecule has 1 saturated carbocycles. The third kappa shape index (κ3) is 3.22. The van der Waals surface area contributed by atoms with Crippen molar-refractivity contribution in [1.29, 1.82) is 0 Å². The molecule has 0 bridgehead atoms. The van der Waals surface area contributed by atoms with Gasteiger partial charge in [-0.15, -0.1) is 0 Å². The molecule has 94 valence electrons. The smallest absolute Gasteiger partial charge is 0.119 e. The van der Waals surface area contributed by atoms with Crippen LogP contribution < -0.4 is 10.1 Å². The van der Waals surface area contributed by atoms with Gasteiger partial charge in [0.05, 0.1) is 6.10 Å². The first-order chi connectivity index (χ1) is 8.19. The van der Waals surface area contributed by atoms with Crippen molar-refractivity contribution in [3.8, 4) is 5.75 Å². The molecule has 1 aliphatic rings. The predicted molar refractivity (Wildman–Crippen MR) is 71.6 cm³/mol. The van der Waals surface area contributed by atoms with Crippen molar-refractivity contribution in [2.75, 3.05) is 13.6 Å². The van der Waals surface area contributed by atoms with E-state index in [0.29, 0.717) is 6.10 Å². The van der Waals surface area contributed by atoms with E-state index in [1.54, 1.807) is 0 Å². The Labute approximate surface area is 104 Å². The summed E-state index contributed by atoms with van der Waals surface area (Å²) in [5.74, 6) is 1.82. The van der Waals surface area contributed by atoms with Gasteiger partial charge in [0, 0.05) is 0 Å². The first kappa shape index (κ1) is 12.4. The monoisotopic (exact) mass is 233 g/mol. The Bertz CT molecular complexity index is 375. The van der Waals surface area contributed by atoms with Gasteiger partial charge in [-0.2, -0.15) is 0 Å². The van der Waals surface area contributed by atoms with E-state index in [1.165, 1.54) is 30.4 Å². The lowest BCUT2D eigenvalue weighted by Gasteiger charge is -2.15. The SMILES string of the molecule is CNCC1CCC(Oc2ccc(C)c(C)c2)C1. The van der Waals surface area contributed by atoms with Crippen molar-refractivity contribution in [3.63, 3.8) is 0 Å². The van der Waals surface area contributed by atoms with E-state index in [1.807, 2.05) is 7.05 Å². The van der Waals surface area contributed by atoms with Crippen molar-refractivity contribution in [2.45, 2.75) is 39.2 Å². The highest BCUT2D eigenvalue weighted by molar-refractivity contribution is 5.33. The highest BCUT2D eigenvalue weighted by Crippen LogP contribution is 2.29. The molecule has 1 aromatic carbocycles. The Kier molecular flexibility index (Phi) is 4.06. The molecule has 1 fully saturated rings. The summed E-state index contributed by atoms with van der Waals surface area (Å²) < 4.78 is 6.06. The molecule has 2 rings (SSSR count). The molecule has 1 aromatic rings. The molecule has 0 radical (unpaired) electrons. The van der Waals surface area contributed by atoms with Crippen molar-refractivity contribution < 1.29 is 4.74 Å². The molecule has 0 aliphatic heterocycles. The summed E-state index contributed by atoms with van der Waals surface area (Å²) >= 11 is 0. The molecule has 0 heterocycles. The van der Waals surface area contributed by atoms with E-state index < -0.39 is 0 Å². The largest absolute Gasteiger partial charge is 0.490 e. The van der Waals surface area contributed by atoms with Crippen LogP contribution >= 0.6 is 0 Å². The summed E-state index contributed by atoms with van der Waals surface area (Å²) in [7, 11) is 2.03. The van der Waals surface area contributed by atoms with Crippen LogP contribution in [-0.2, 0) is 0 Å². The first-order valence-electron chi connectivity index (χ1n) is 6.57. The van der Waals surface area contributed by atoms with Crippen LogP contribution in [0.1, 0.15) is 30.4 Å². The number of hydrogen-bond acceptors (Lipinski definition) is 2. The van der Waals surface area contributed by atoms with Crippen LogP contribution in [0.15, 0.2) is 18.2 Å². The molecule has 0 aromatic heterocycles. The third-order valence-electron chi connectivity index (χ3n) is 3.77. The Balaban J connectivity index is 1.91. The fourth-order valence-electron chi connectivity index (χ4n) is 2.59. The zero-order valence-electron chi connectivity index (χ0n) is 11.1. The lowest BCUT2D eigenvalue weighted by atomic mass is 10.1. The van der Waals surface area contributed by atoms with Crippen LogP contribution in [0.2, 0.25) is 0 Å². The molecule has 0 spiro atoms. The Morgan fingerprint density at radius 2 is 2.06 bits per heavy atom. The standard InChI is InChI=1S/C15H23NO/c1-11-4-6-14(8-12(11)2)17-15-7-5-13(9-15)10-16-3/h4,6,8,13,15-16H,5,7,9-10H2,1-3H3. The van der Waals surface area contributed by atoms with Gasteiger partial charge in [-0.3, -0.25) is 0 Å². The van der Waals surface area contributed by atoms with Gasteiger partial charge in [-0.05, 0) is 75.9 Å². The van der Waals surface area contributed by atoms with E-state index >= 15 is 0 Å². The van der Waals surface area contributed by atoms with Crippen LogP contribution in [0.3, 0.4) is 0 Å². The summed E-state index contributed by atoms with van der Waals surface area (Å²) in [5, 5.41) is 3.26. The van der Waals surface area contributed by atoms with Crippen molar-refractivity contribution in [3.05, 3.63) is 29.3 Å². The third-order valence-corrected chi connectivity index (χ3v) is 3.77. The maximum atomic E-state index is 6.06. The number of hydrogen-bond donors (Lipinski definition) is 1. The highest BCUT2D eigenvalue weighted by atomic mass is 16.5. The Morgan fingerprint density at radius 3 is 2.76 bits per heavy atom. The fourth-order valence-corrected chi connectivity index (χ4v) is 2.59. The van der Waals surface area contributed by atoms with Crippen LogP contribution in [0.25, 0.3) is 0 Å². The fraction of sp³-hybridized carbons (Fsp3) is 0.600. The molecule has 2 atom stereocenters. The molecule has 2 nitrogen and oxygen atoms in total. The maximum absolute atomic E-state index is 6.06. The molecule has 1 N–H and O–H groups in total. The summed E-state index contributed by atoms with van der Waals surface area (Å²) in [6.07, 6.45) is 4.08. The zero-order chi connectivity index (χ0) is 12.3. The van der Waals surface area contributed by atoms with E-state index in [-0.39, 0.29) is 0 Å². The van der Waals surface area contributed by atoms with Crippen LogP contribution in [0, 0.1) is 19.8 Å². The zero-order valence-corrected chi connectivity index (χ0v) is 11.1. The minimum atomic E-state index is 0.412. The number of nitrogens with one attached hydrogen (secondary N) is 1. The van der Waals surface area contributed by atoms with E-state index in [0.717, 1.165) is 18.2 Å². The van der Waals surface area contributed by atoms with Gasteiger partial charge < -0.3 is 10.1 Å². The Morgan fingerprint density at radius 1 is 1.24 bits per heavy atom. The topological polar surface area (TPSA) is 21.3 Å². The van der Waals surface area contributed by atoms with E-state index in [4.69, 9.17) is 4.74 Å². The van der Waals surface area contributed by atoms with Gasteiger partial charge in [-0.1, -0.05) is 6.07 Å². The second kappa shape index (κ2) is 5.54. The molecular formula is C15H23NO. The van der Waals surface area contributed by atoms with Gasteiger partial charge in [0.25, 0.3) is 0 Å². The maximum Gasteiger partial charge on any atom is 0.119 e. The average Bonchev–Trinajstić information content (AvgIpc) is 2.72. The molecule has 0 saturated heterocycles. The molecule has 2 heteroatoms. The highest BCUT2D eigenvalue weighted by Gasteiger charge is 2.25. The van der Waals surface area contributed by atoms with Gasteiger partial charge >= 0.3 is 0 Å². The number of rotatable bonds is 4. The minimum Gasteiger partial charge on any atom is -0.490 e. The molecule has 2 unspecified atom stereocenters. The Hall–Kier alpha value is -1.02. The lowest BCUT2D eigenvalue weighted by Crippen LogP contribution is -2.18. The van der Waals surface area contributed by atoms with Crippen LogP contribution in [0.4, 0.5) is 0 Å². The molecular weight excluding hydrogens is 210 g/mol. The van der Waals surface area contributed by atoms with E-state index in [9.17, 15) is 0 Å². The number of aryl methyl sites for hydroxylation is 2. The average molecular weight is 233 g/mol. The van der Waals surface area contributed by atoms with E-state index in [2.05, 4.69) is 37.4 Å². The van der Waals surface area contributed by atoms with Gasteiger partial charge in [0.1, 0.15) is 5.75 Å². The minimum absolute atomic E-state index is 0.412. The van der Waals surface area contributed by atoms with Gasteiger partial charge in [-0.25, -0.2) is 0 Å². The normalized spacial score (nSPS) is 23.9. The summed E-state index contributed by atoms with van der Waals surface area (Å²) in [4.78, 5) is 0. The van der Waals surface area contributed by atoms with Crippen molar-refractivity contribution in [2.24, 2.45) is 5.92 Å². The quantitative estimate of drug-likeness (QED) is 0.863. The predicted octanol–water partition coefficient (Wildman–Crippen LogP) is 3.07. The van der Waals surface area contributed by atoms with Crippen molar-refractivity contribution >= 4 is 0 Å². The van der Waals surface area contributed by atoms with Crippen LogP contribution in [-0.4, -0.2) is 19.7 Å². The summed E-state index contributed by atoms with van der Waals surface area (Å²) in [6, 6.07) is 6.39. The van der Waals surface area contributed by atoms with Crippen molar-refractivity contribution in [1.82, 2.24) is 5.32 Å². The number of benzene rings is 1. The second-order valence-electron chi connectivity index (χ2n) is 5.22. The van der Waals surface area contributed by atoms with Crippen LogP contribution in [0.5, 0.6) is 5.75 Å². The molecule has 0 amide bonds. The lowest BCUT2D eigenvalue weighted by molar-refractivity contribution is 0.204. The molecule has 1 aliphatic carbocycles. The number of ether oxygens (including phenoxy) is 1. The summed E-state index contributed by atoms with van der Waals surface area (Å²) in [6.45, 7) is 5.39. The first-order valence-corrected chi connectivity index (χ1v) is 6.57. The van der Waals surface area contributed by atoms with Gasteiger partial charge in [0.2, 0.25) is 0 Å². The molecule has 17 heavy (non-hydrogen) atoms. The van der Waals surface area contributed by atoms with Gasteiger partial charge in [0.15, 0.2) is 0 Å². The summed E-state index contributed by atoms with van der Waals surface area (Å²) in [5.41, 5.74) is 2.64. The second-order valence-corrected chi connectivity index (χ2v) is 5.22.